The zero-order valence-electron chi connectivity index (χ0n) is 7.58. The number of fused-ring (bicyclic) bond motifs is 1. The Bertz CT molecular complexity index is 250. The highest BCUT2D eigenvalue weighted by molar-refractivity contribution is 5.28. The molecule has 3 heterocycles. The third-order valence-corrected chi connectivity index (χ3v) is 3.94. The maximum atomic E-state index is 6.03. The molecule has 1 N–H and O–H groups in total. The summed E-state index contributed by atoms with van der Waals surface area (Å²) >= 11 is 0. The second-order valence-corrected chi connectivity index (χ2v) is 4.39. The molecule has 2 fully saturated rings. The molecule has 12 heavy (non-hydrogen) atoms. The molecule has 0 amide bonds. The van der Waals surface area contributed by atoms with E-state index in [2.05, 4.69) is 31.3 Å². The summed E-state index contributed by atoms with van der Waals surface area (Å²) in [5.41, 5.74) is 0.0596. The van der Waals surface area contributed by atoms with Gasteiger partial charge in [0.05, 0.1) is 6.10 Å². The van der Waals surface area contributed by atoms with E-state index < -0.39 is 0 Å². The van der Waals surface area contributed by atoms with Crippen molar-refractivity contribution in [3.05, 3.63) is 12.2 Å². The van der Waals surface area contributed by atoms with Crippen molar-refractivity contribution < 1.29 is 4.74 Å². The molecule has 0 aromatic heterocycles. The van der Waals surface area contributed by atoms with Gasteiger partial charge in [0.25, 0.3) is 0 Å². The van der Waals surface area contributed by atoms with E-state index in [-0.39, 0.29) is 5.60 Å². The lowest BCUT2D eigenvalue weighted by Gasteiger charge is -2.27. The van der Waals surface area contributed by atoms with E-state index in [1.807, 2.05) is 0 Å². The topological polar surface area (TPSA) is 21.3 Å². The lowest BCUT2D eigenvalue weighted by molar-refractivity contribution is 0.0108. The van der Waals surface area contributed by atoms with Crippen LogP contribution in [0.5, 0.6) is 0 Å². The van der Waals surface area contributed by atoms with Gasteiger partial charge in [0, 0.05) is 18.5 Å². The first-order valence-electron chi connectivity index (χ1n) is 4.84. The van der Waals surface area contributed by atoms with Gasteiger partial charge in [-0.15, -0.1) is 0 Å². The standard InChI is InChI=1S/C10H15NO/c1-6-8-5-11-7(2)10(8)4-3-9(6)12-10/h3-4,6-9,11H,5H2,1-2H3. The minimum absolute atomic E-state index is 0.0596. The van der Waals surface area contributed by atoms with Gasteiger partial charge in [-0.25, -0.2) is 0 Å². The molecule has 3 aliphatic heterocycles. The predicted molar refractivity (Wildman–Crippen MR) is 46.9 cm³/mol. The Morgan fingerprint density at radius 2 is 2.33 bits per heavy atom. The van der Waals surface area contributed by atoms with Crippen molar-refractivity contribution >= 4 is 0 Å². The second kappa shape index (κ2) is 1.94. The van der Waals surface area contributed by atoms with Crippen LogP contribution in [0.25, 0.3) is 0 Å². The molecule has 0 aromatic carbocycles. The van der Waals surface area contributed by atoms with Crippen molar-refractivity contribution in [3.63, 3.8) is 0 Å². The second-order valence-electron chi connectivity index (χ2n) is 4.39. The Morgan fingerprint density at radius 3 is 3.08 bits per heavy atom. The summed E-state index contributed by atoms with van der Waals surface area (Å²) in [7, 11) is 0. The van der Waals surface area contributed by atoms with Crippen LogP contribution in [0, 0.1) is 11.8 Å². The molecule has 5 atom stereocenters. The molecular formula is C10H15NO. The predicted octanol–water partition coefficient (Wildman–Crippen LogP) is 0.938. The highest BCUT2D eigenvalue weighted by atomic mass is 16.5. The van der Waals surface area contributed by atoms with Crippen LogP contribution in [-0.4, -0.2) is 24.3 Å². The average molecular weight is 165 g/mol. The summed E-state index contributed by atoms with van der Waals surface area (Å²) in [6, 6.07) is 0.494. The molecule has 2 bridgehead atoms. The monoisotopic (exact) mass is 165 g/mol. The summed E-state index contributed by atoms with van der Waals surface area (Å²) in [4.78, 5) is 0. The molecule has 66 valence electrons. The van der Waals surface area contributed by atoms with Crippen LogP contribution in [0.1, 0.15) is 13.8 Å². The maximum Gasteiger partial charge on any atom is 0.106 e. The molecule has 0 saturated carbocycles. The first-order valence-corrected chi connectivity index (χ1v) is 4.84. The van der Waals surface area contributed by atoms with Crippen molar-refractivity contribution in [1.29, 1.82) is 0 Å². The molecule has 0 radical (unpaired) electrons. The lowest BCUT2D eigenvalue weighted by Crippen LogP contribution is -2.40. The normalized spacial score (nSPS) is 61.2. The summed E-state index contributed by atoms with van der Waals surface area (Å²) in [6.07, 6.45) is 4.93. The molecule has 1 spiro atoms. The Hall–Kier alpha value is -0.340. The van der Waals surface area contributed by atoms with Gasteiger partial charge in [0.2, 0.25) is 0 Å². The maximum absolute atomic E-state index is 6.03. The number of nitrogens with one attached hydrogen (secondary N) is 1. The minimum Gasteiger partial charge on any atom is -0.361 e. The molecule has 2 saturated heterocycles. The Labute approximate surface area is 73.0 Å². The van der Waals surface area contributed by atoms with Gasteiger partial charge in [0.1, 0.15) is 5.60 Å². The Kier molecular flexibility index (Phi) is 1.15. The smallest absolute Gasteiger partial charge is 0.106 e. The molecular weight excluding hydrogens is 150 g/mol. The van der Waals surface area contributed by atoms with Crippen LogP contribution in [0.15, 0.2) is 12.2 Å². The summed E-state index contributed by atoms with van der Waals surface area (Å²) in [6.45, 7) is 5.66. The molecule has 0 aliphatic carbocycles. The van der Waals surface area contributed by atoms with E-state index in [4.69, 9.17) is 4.74 Å². The first kappa shape index (κ1) is 7.10. The molecule has 3 rings (SSSR count). The van der Waals surface area contributed by atoms with Crippen LogP contribution in [-0.2, 0) is 4.74 Å². The fourth-order valence-electron chi connectivity index (χ4n) is 3.07. The van der Waals surface area contributed by atoms with Crippen molar-refractivity contribution in [2.45, 2.75) is 31.6 Å². The van der Waals surface area contributed by atoms with E-state index in [0.717, 1.165) is 6.54 Å². The van der Waals surface area contributed by atoms with E-state index >= 15 is 0 Å². The van der Waals surface area contributed by atoms with Crippen molar-refractivity contribution in [1.82, 2.24) is 5.32 Å². The zero-order valence-corrected chi connectivity index (χ0v) is 7.58. The Balaban J connectivity index is 2.07. The Morgan fingerprint density at radius 1 is 1.50 bits per heavy atom. The number of ether oxygens (including phenoxy) is 1. The van der Waals surface area contributed by atoms with Gasteiger partial charge < -0.3 is 10.1 Å². The van der Waals surface area contributed by atoms with Crippen molar-refractivity contribution in [3.8, 4) is 0 Å². The van der Waals surface area contributed by atoms with Gasteiger partial charge in [-0.05, 0) is 12.8 Å². The SMILES string of the molecule is CC1C2C=CC3(O2)C(C)NCC13. The van der Waals surface area contributed by atoms with Gasteiger partial charge in [-0.3, -0.25) is 0 Å². The summed E-state index contributed by atoms with van der Waals surface area (Å²) < 4.78 is 6.03. The van der Waals surface area contributed by atoms with Crippen LogP contribution in [0.2, 0.25) is 0 Å². The molecule has 5 unspecified atom stereocenters. The highest BCUT2D eigenvalue weighted by Gasteiger charge is 2.60. The molecule has 2 heteroatoms. The first-order chi connectivity index (χ1) is 5.74. The van der Waals surface area contributed by atoms with E-state index in [0.29, 0.717) is 24.0 Å². The van der Waals surface area contributed by atoms with Gasteiger partial charge >= 0.3 is 0 Å². The summed E-state index contributed by atoms with van der Waals surface area (Å²) in [5.74, 6) is 1.41. The lowest BCUT2D eigenvalue weighted by atomic mass is 9.76. The molecule has 2 nitrogen and oxygen atoms in total. The number of rotatable bonds is 0. The van der Waals surface area contributed by atoms with Gasteiger partial charge in [-0.1, -0.05) is 19.1 Å². The van der Waals surface area contributed by atoms with Crippen molar-refractivity contribution in [2.24, 2.45) is 11.8 Å². The van der Waals surface area contributed by atoms with Crippen LogP contribution in [0.4, 0.5) is 0 Å². The quantitative estimate of drug-likeness (QED) is 0.539. The van der Waals surface area contributed by atoms with E-state index in [9.17, 15) is 0 Å². The van der Waals surface area contributed by atoms with Crippen LogP contribution >= 0.6 is 0 Å². The largest absolute Gasteiger partial charge is 0.361 e. The van der Waals surface area contributed by atoms with Crippen LogP contribution < -0.4 is 5.32 Å². The molecule has 0 aromatic rings. The minimum atomic E-state index is 0.0596. The fraction of sp³-hybridized carbons (Fsp3) is 0.800. The fourth-order valence-corrected chi connectivity index (χ4v) is 3.07. The summed E-state index contributed by atoms with van der Waals surface area (Å²) in [5, 5.41) is 3.49. The molecule has 3 aliphatic rings. The third-order valence-electron chi connectivity index (χ3n) is 3.94. The number of hydrogen-bond donors (Lipinski definition) is 1. The third kappa shape index (κ3) is 0.570. The van der Waals surface area contributed by atoms with Crippen LogP contribution in [0.3, 0.4) is 0 Å². The zero-order chi connectivity index (χ0) is 8.34. The average Bonchev–Trinajstić information content (AvgIpc) is 2.66. The van der Waals surface area contributed by atoms with E-state index in [1.54, 1.807) is 0 Å². The van der Waals surface area contributed by atoms with E-state index in [1.165, 1.54) is 0 Å². The number of hydrogen-bond acceptors (Lipinski definition) is 2. The van der Waals surface area contributed by atoms with Gasteiger partial charge in [0.15, 0.2) is 0 Å². The van der Waals surface area contributed by atoms with Gasteiger partial charge in [-0.2, -0.15) is 0 Å². The van der Waals surface area contributed by atoms with Crippen molar-refractivity contribution in [2.75, 3.05) is 6.54 Å². The highest BCUT2D eigenvalue weighted by Crippen LogP contribution is 2.50.